The average Bonchev–Trinajstić information content (AvgIpc) is 2.50. The molecule has 110 valence electrons. The van der Waals surface area contributed by atoms with Crippen LogP contribution in [0.15, 0.2) is 30.3 Å². The lowest BCUT2D eigenvalue weighted by atomic mass is 10.1. The van der Waals surface area contributed by atoms with Crippen LogP contribution >= 0.6 is 0 Å². The van der Waals surface area contributed by atoms with E-state index in [4.69, 9.17) is 5.73 Å². The molecule has 2 N–H and O–H groups in total. The zero-order valence-corrected chi connectivity index (χ0v) is 12.3. The monoisotopic (exact) mass is 275 g/mol. The van der Waals surface area contributed by atoms with Gasteiger partial charge >= 0.3 is 0 Å². The molecule has 20 heavy (non-hydrogen) atoms. The quantitative estimate of drug-likeness (QED) is 0.876. The van der Waals surface area contributed by atoms with Crippen LogP contribution in [0.25, 0.3) is 0 Å². The first-order valence-corrected chi connectivity index (χ1v) is 7.50. The van der Waals surface area contributed by atoms with Gasteiger partial charge < -0.3 is 10.6 Å². The summed E-state index contributed by atoms with van der Waals surface area (Å²) >= 11 is 0. The molecule has 1 saturated heterocycles. The van der Waals surface area contributed by atoms with Gasteiger partial charge in [-0.3, -0.25) is 9.69 Å². The van der Waals surface area contributed by atoms with Crippen LogP contribution in [-0.2, 0) is 11.2 Å². The van der Waals surface area contributed by atoms with E-state index in [1.165, 1.54) is 0 Å². The third-order valence-electron chi connectivity index (χ3n) is 4.12. The molecule has 1 aromatic carbocycles. The Morgan fingerprint density at radius 1 is 1.20 bits per heavy atom. The second-order valence-corrected chi connectivity index (χ2v) is 5.38. The summed E-state index contributed by atoms with van der Waals surface area (Å²) in [6.45, 7) is 6.40. The van der Waals surface area contributed by atoms with Crippen molar-refractivity contribution in [2.45, 2.75) is 25.8 Å². The summed E-state index contributed by atoms with van der Waals surface area (Å²) < 4.78 is 0. The summed E-state index contributed by atoms with van der Waals surface area (Å²) in [4.78, 5) is 16.7. The molecular formula is C16H25N3O. The number of hydrogen-bond donors (Lipinski definition) is 1. The summed E-state index contributed by atoms with van der Waals surface area (Å²) in [7, 11) is 0. The molecule has 1 heterocycles. The van der Waals surface area contributed by atoms with Crippen LogP contribution < -0.4 is 5.73 Å². The summed E-state index contributed by atoms with van der Waals surface area (Å²) in [6, 6.07) is 10.4. The van der Waals surface area contributed by atoms with E-state index in [9.17, 15) is 4.79 Å². The fraction of sp³-hybridized carbons (Fsp3) is 0.562. The largest absolute Gasteiger partial charge is 0.340 e. The van der Waals surface area contributed by atoms with Gasteiger partial charge in [0.05, 0.1) is 6.42 Å². The van der Waals surface area contributed by atoms with Gasteiger partial charge in [-0.25, -0.2) is 0 Å². The van der Waals surface area contributed by atoms with Crippen molar-refractivity contribution in [3.63, 3.8) is 0 Å². The van der Waals surface area contributed by atoms with Crippen molar-refractivity contribution < 1.29 is 4.79 Å². The molecule has 1 aromatic rings. The first kappa shape index (κ1) is 15.0. The Hall–Kier alpha value is -1.39. The molecule has 0 aliphatic carbocycles. The smallest absolute Gasteiger partial charge is 0.227 e. The van der Waals surface area contributed by atoms with Crippen molar-refractivity contribution in [1.29, 1.82) is 0 Å². The Morgan fingerprint density at radius 2 is 1.85 bits per heavy atom. The van der Waals surface area contributed by atoms with Crippen LogP contribution in [0.3, 0.4) is 0 Å². The van der Waals surface area contributed by atoms with E-state index in [0.717, 1.165) is 38.2 Å². The maximum atomic E-state index is 12.3. The fourth-order valence-electron chi connectivity index (χ4n) is 2.79. The second-order valence-electron chi connectivity index (χ2n) is 5.38. The average molecular weight is 275 g/mol. The zero-order valence-electron chi connectivity index (χ0n) is 12.3. The van der Waals surface area contributed by atoms with Crippen LogP contribution in [0.1, 0.15) is 18.9 Å². The van der Waals surface area contributed by atoms with Gasteiger partial charge in [0.15, 0.2) is 0 Å². The second kappa shape index (κ2) is 7.41. The first-order chi connectivity index (χ1) is 9.74. The number of carbonyl (C=O) groups is 1. The number of hydrogen-bond acceptors (Lipinski definition) is 3. The van der Waals surface area contributed by atoms with E-state index < -0.39 is 0 Å². The first-order valence-electron chi connectivity index (χ1n) is 7.50. The zero-order chi connectivity index (χ0) is 14.4. The van der Waals surface area contributed by atoms with Gasteiger partial charge in [-0.15, -0.1) is 0 Å². The summed E-state index contributed by atoms with van der Waals surface area (Å²) in [5.41, 5.74) is 6.88. The van der Waals surface area contributed by atoms with Gasteiger partial charge in [-0.05, 0) is 12.0 Å². The molecule has 1 amide bonds. The van der Waals surface area contributed by atoms with Gasteiger partial charge in [-0.1, -0.05) is 37.3 Å². The Balaban J connectivity index is 1.83. The molecule has 1 fully saturated rings. The molecular weight excluding hydrogens is 250 g/mol. The molecule has 2 rings (SSSR count). The van der Waals surface area contributed by atoms with Crippen molar-refractivity contribution in [3.05, 3.63) is 35.9 Å². The number of benzene rings is 1. The van der Waals surface area contributed by atoms with Crippen molar-refractivity contribution >= 4 is 5.91 Å². The SMILES string of the molecule is CCC(CN)N1CCN(C(=O)Cc2ccccc2)CC1. The van der Waals surface area contributed by atoms with Crippen LogP contribution in [-0.4, -0.2) is 54.5 Å². The predicted molar refractivity (Wildman–Crippen MR) is 81.4 cm³/mol. The van der Waals surface area contributed by atoms with E-state index in [1.54, 1.807) is 0 Å². The van der Waals surface area contributed by atoms with Crippen molar-refractivity contribution in [2.24, 2.45) is 5.73 Å². The van der Waals surface area contributed by atoms with Crippen LogP contribution in [0.2, 0.25) is 0 Å². The van der Waals surface area contributed by atoms with Crippen LogP contribution in [0.4, 0.5) is 0 Å². The van der Waals surface area contributed by atoms with Crippen molar-refractivity contribution in [1.82, 2.24) is 9.80 Å². The number of rotatable bonds is 5. The standard InChI is InChI=1S/C16H25N3O/c1-2-15(13-17)18-8-10-19(11-9-18)16(20)12-14-6-4-3-5-7-14/h3-7,15H,2,8-13,17H2,1H3. The minimum absolute atomic E-state index is 0.233. The van der Waals surface area contributed by atoms with Crippen LogP contribution in [0.5, 0.6) is 0 Å². The van der Waals surface area contributed by atoms with E-state index in [1.807, 2.05) is 35.2 Å². The highest BCUT2D eigenvalue weighted by atomic mass is 16.2. The Labute approximate surface area is 121 Å². The summed E-state index contributed by atoms with van der Waals surface area (Å²) in [5.74, 6) is 0.233. The van der Waals surface area contributed by atoms with Gasteiger partial charge in [0.2, 0.25) is 5.91 Å². The summed E-state index contributed by atoms with van der Waals surface area (Å²) in [6.07, 6.45) is 1.59. The number of nitrogens with zero attached hydrogens (tertiary/aromatic N) is 2. The Kier molecular flexibility index (Phi) is 5.56. The fourth-order valence-corrected chi connectivity index (χ4v) is 2.79. The van der Waals surface area contributed by atoms with Gasteiger partial charge in [0.25, 0.3) is 0 Å². The highest BCUT2D eigenvalue weighted by Gasteiger charge is 2.24. The molecule has 0 saturated carbocycles. The number of amides is 1. The third-order valence-corrected chi connectivity index (χ3v) is 4.12. The predicted octanol–water partition coefficient (Wildman–Crippen LogP) is 1.11. The van der Waals surface area contributed by atoms with Gasteiger partial charge in [-0.2, -0.15) is 0 Å². The molecule has 0 aromatic heterocycles. The highest BCUT2D eigenvalue weighted by molar-refractivity contribution is 5.78. The number of piperazine rings is 1. The highest BCUT2D eigenvalue weighted by Crippen LogP contribution is 2.10. The number of nitrogens with two attached hydrogens (primary N) is 1. The molecule has 4 heteroatoms. The molecule has 0 radical (unpaired) electrons. The minimum atomic E-state index is 0.233. The topological polar surface area (TPSA) is 49.6 Å². The molecule has 4 nitrogen and oxygen atoms in total. The molecule has 1 aliphatic heterocycles. The normalized spacial score (nSPS) is 18.0. The lowest BCUT2D eigenvalue weighted by molar-refractivity contribution is -0.132. The van der Waals surface area contributed by atoms with Crippen molar-refractivity contribution in [2.75, 3.05) is 32.7 Å². The molecule has 1 atom stereocenters. The Morgan fingerprint density at radius 3 is 2.40 bits per heavy atom. The van der Waals surface area contributed by atoms with Crippen LogP contribution in [0, 0.1) is 0 Å². The Bertz CT molecular complexity index is 409. The molecule has 1 aliphatic rings. The van der Waals surface area contributed by atoms with E-state index in [0.29, 0.717) is 19.0 Å². The van der Waals surface area contributed by atoms with Crippen molar-refractivity contribution in [3.8, 4) is 0 Å². The van der Waals surface area contributed by atoms with Gasteiger partial charge in [0, 0.05) is 38.8 Å². The maximum Gasteiger partial charge on any atom is 0.227 e. The van der Waals surface area contributed by atoms with E-state index >= 15 is 0 Å². The molecule has 1 unspecified atom stereocenters. The summed E-state index contributed by atoms with van der Waals surface area (Å²) in [5, 5.41) is 0. The molecule has 0 bridgehead atoms. The maximum absolute atomic E-state index is 12.3. The number of carbonyl (C=O) groups excluding carboxylic acids is 1. The van der Waals surface area contributed by atoms with E-state index in [2.05, 4.69) is 11.8 Å². The van der Waals surface area contributed by atoms with E-state index in [-0.39, 0.29) is 5.91 Å². The lowest BCUT2D eigenvalue weighted by Crippen LogP contribution is -2.53. The van der Waals surface area contributed by atoms with Gasteiger partial charge in [0.1, 0.15) is 0 Å². The lowest BCUT2D eigenvalue weighted by Gasteiger charge is -2.38. The molecule has 0 spiro atoms. The minimum Gasteiger partial charge on any atom is -0.340 e. The third kappa shape index (κ3) is 3.81.